The maximum Gasteiger partial charge on any atom is 0.132 e. The van der Waals surface area contributed by atoms with E-state index in [1.54, 1.807) is 0 Å². The molecule has 0 saturated carbocycles. The third kappa shape index (κ3) is 3.15. The zero-order chi connectivity index (χ0) is 13.8. The summed E-state index contributed by atoms with van der Waals surface area (Å²) >= 11 is 0. The van der Waals surface area contributed by atoms with Crippen molar-refractivity contribution in [2.45, 2.75) is 33.2 Å². The predicted molar refractivity (Wildman–Crippen MR) is 79.7 cm³/mol. The van der Waals surface area contributed by atoms with Gasteiger partial charge in [-0.25, -0.2) is 0 Å². The van der Waals surface area contributed by atoms with Crippen molar-refractivity contribution in [1.29, 1.82) is 0 Å². The summed E-state index contributed by atoms with van der Waals surface area (Å²) in [7, 11) is 0. The SMILES string of the molecule is CC[C@H](N)c1ccccc1Oc1ccc(C)cc1C. The van der Waals surface area contributed by atoms with Crippen LogP contribution in [0.5, 0.6) is 11.5 Å². The molecule has 1 atom stereocenters. The molecular formula is C17H21NO. The molecule has 0 aliphatic carbocycles. The van der Waals surface area contributed by atoms with E-state index in [1.807, 2.05) is 30.3 Å². The van der Waals surface area contributed by atoms with E-state index in [9.17, 15) is 0 Å². The summed E-state index contributed by atoms with van der Waals surface area (Å²) in [6.45, 7) is 6.22. The Hall–Kier alpha value is -1.80. The summed E-state index contributed by atoms with van der Waals surface area (Å²) in [5, 5.41) is 0. The predicted octanol–water partition coefficient (Wildman–Crippen LogP) is 4.51. The Balaban J connectivity index is 2.33. The summed E-state index contributed by atoms with van der Waals surface area (Å²) in [5.74, 6) is 1.74. The molecule has 100 valence electrons. The van der Waals surface area contributed by atoms with Crippen molar-refractivity contribution in [3.8, 4) is 11.5 Å². The topological polar surface area (TPSA) is 35.2 Å². The average Bonchev–Trinajstić information content (AvgIpc) is 2.41. The maximum atomic E-state index is 6.13. The van der Waals surface area contributed by atoms with E-state index in [4.69, 9.17) is 10.5 Å². The van der Waals surface area contributed by atoms with Crippen molar-refractivity contribution in [2.24, 2.45) is 5.73 Å². The minimum Gasteiger partial charge on any atom is -0.457 e. The van der Waals surface area contributed by atoms with Crippen LogP contribution in [0.25, 0.3) is 0 Å². The third-order valence-corrected chi connectivity index (χ3v) is 3.31. The Morgan fingerprint density at radius 1 is 1.05 bits per heavy atom. The van der Waals surface area contributed by atoms with Crippen molar-refractivity contribution in [3.63, 3.8) is 0 Å². The summed E-state index contributed by atoms with van der Waals surface area (Å²) in [5.41, 5.74) is 9.57. The van der Waals surface area contributed by atoms with Gasteiger partial charge in [-0.15, -0.1) is 0 Å². The molecule has 0 saturated heterocycles. The first kappa shape index (κ1) is 13.6. The first-order valence-corrected chi connectivity index (χ1v) is 6.71. The number of nitrogens with two attached hydrogens (primary N) is 1. The molecule has 2 aromatic carbocycles. The molecule has 0 fully saturated rings. The summed E-state index contributed by atoms with van der Waals surface area (Å²) < 4.78 is 6.04. The van der Waals surface area contributed by atoms with Crippen LogP contribution < -0.4 is 10.5 Å². The molecule has 2 nitrogen and oxygen atoms in total. The van der Waals surface area contributed by atoms with Gasteiger partial charge in [0.05, 0.1) is 0 Å². The molecular weight excluding hydrogens is 234 g/mol. The van der Waals surface area contributed by atoms with Crippen LogP contribution in [0.1, 0.15) is 36.1 Å². The van der Waals surface area contributed by atoms with E-state index in [0.717, 1.165) is 29.0 Å². The lowest BCUT2D eigenvalue weighted by atomic mass is 10.0. The minimum atomic E-state index is 0.0157. The van der Waals surface area contributed by atoms with Crippen LogP contribution in [-0.2, 0) is 0 Å². The standard InChI is InChI=1S/C17H21NO/c1-4-15(18)14-7-5-6-8-17(14)19-16-10-9-12(2)11-13(16)3/h5-11,15H,4,18H2,1-3H3/t15-/m0/s1. The van der Waals surface area contributed by atoms with Crippen LogP contribution >= 0.6 is 0 Å². The van der Waals surface area contributed by atoms with Gasteiger partial charge < -0.3 is 10.5 Å². The van der Waals surface area contributed by atoms with E-state index >= 15 is 0 Å². The highest BCUT2D eigenvalue weighted by Crippen LogP contribution is 2.31. The van der Waals surface area contributed by atoms with Gasteiger partial charge in [0.1, 0.15) is 11.5 Å². The van der Waals surface area contributed by atoms with Gasteiger partial charge in [0.15, 0.2) is 0 Å². The van der Waals surface area contributed by atoms with Crippen LogP contribution in [0, 0.1) is 13.8 Å². The van der Waals surface area contributed by atoms with Gasteiger partial charge in [0, 0.05) is 11.6 Å². The molecule has 0 aromatic heterocycles. The van der Waals surface area contributed by atoms with Crippen molar-refractivity contribution in [1.82, 2.24) is 0 Å². The van der Waals surface area contributed by atoms with E-state index in [1.165, 1.54) is 5.56 Å². The number of aryl methyl sites for hydroxylation is 2. The van der Waals surface area contributed by atoms with Crippen LogP contribution in [0.4, 0.5) is 0 Å². The normalized spacial score (nSPS) is 12.2. The van der Waals surface area contributed by atoms with Gasteiger partial charge in [0.25, 0.3) is 0 Å². The van der Waals surface area contributed by atoms with Crippen molar-refractivity contribution < 1.29 is 4.74 Å². The van der Waals surface area contributed by atoms with Gasteiger partial charge in [-0.2, -0.15) is 0 Å². The van der Waals surface area contributed by atoms with Crippen LogP contribution in [0.2, 0.25) is 0 Å². The molecule has 2 N–H and O–H groups in total. The highest BCUT2D eigenvalue weighted by atomic mass is 16.5. The third-order valence-electron chi connectivity index (χ3n) is 3.31. The molecule has 0 bridgehead atoms. The molecule has 0 heterocycles. The molecule has 0 aliphatic rings. The molecule has 0 spiro atoms. The fourth-order valence-corrected chi connectivity index (χ4v) is 2.13. The van der Waals surface area contributed by atoms with E-state index in [-0.39, 0.29) is 6.04 Å². The largest absolute Gasteiger partial charge is 0.457 e. The molecule has 0 amide bonds. The van der Waals surface area contributed by atoms with E-state index in [2.05, 4.69) is 32.9 Å². The lowest BCUT2D eigenvalue weighted by Gasteiger charge is -2.16. The first-order chi connectivity index (χ1) is 9.11. The van der Waals surface area contributed by atoms with Crippen LogP contribution in [0.3, 0.4) is 0 Å². The Labute approximate surface area is 115 Å². The molecule has 2 aromatic rings. The number of benzene rings is 2. The zero-order valence-electron chi connectivity index (χ0n) is 11.8. The summed E-state index contributed by atoms with van der Waals surface area (Å²) in [4.78, 5) is 0. The second-order valence-corrected chi connectivity index (χ2v) is 4.92. The molecule has 0 unspecified atom stereocenters. The van der Waals surface area contributed by atoms with Gasteiger partial charge in [-0.3, -0.25) is 0 Å². The Morgan fingerprint density at radius 2 is 1.79 bits per heavy atom. The number of rotatable bonds is 4. The molecule has 2 heteroatoms. The second-order valence-electron chi connectivity index (χ2n) is 4.92. The number of ether oxygens (including phenoxy) is 1. The zero-order valence-corrected chi connectivity index (χ0v) is 11.8. The first-order valence-electron chi connectivity index (χ1n) is 6.71. The molecule has 0 aliphatic heterocycles. The highest BCUT2D eigenvalue weighted by Gasteiger charge is 2.11. The van der Waals surface area contributed by atoms with Crippen LogP contribution in [0.15, 0.2) is 42.5 Å². The summed E-state index contributed by atoms with van der Waals surface area (Å²) in [6, 6.07) is 14.2. The molecule has 19 heavy (non-hydrogen) atoms. The fourth-order valence-electron chi connectivity index (χ4n) is 2.13. The maximum absolute atomic E-state index is 6.13. The quantitative estimate of drug-likeness (QED) is 0.872. The smallest absolute Gasteiger partial charge is 0.132 e. The Kier molecular flexibility index (Phi) is 4.23. The van der Waals surface area contributed by atoms with Gasteiger partial charge in [-0.1, -0.05) is 42.8 Å². The second kappa shape index (κ2) is 5.89. The Morgan fingerprint density at radius 3 is 2.47 bits per heavy atom. The van der Waals surface area contributed by atoms with Gasteiger partial charge in [-0.05, 0) is 38.0 Å². The lowest BCUT2D eigenvalue weighted by Crippen LogP contribution is -2.09. The average molecular weight is 255 g/mol. The number of hydrogen-bond acceptors (Lipinski definition) is 2. The van der Waals surface area contributed by atoms with Gasteiger partial charge in [0.2, 0.25) is 0 Å². The Bertz CT molecular complexity index is 563. The van der Waals surface area contributed by atoms with Crippen LogP contribution in [-0.4, -0.2) is 0 Å². The number of para-hydroxylation sites is 1. The highest BCUT2D eigenvalue weighted by molar-refractivity contribution is 5.43. The van der Waals surface area contributed by atoms with Crippen molar-refractivity contribution in [2.75, 3.05) is 0 Å². The van der Waals surface area contributed by atoms with Crippen molar-refractivity contribution >= 4 is 0 Å². The molecule has 2 rings (SSSR count). The fraction of sp³-hybridized carbons (Fsp3) is 0.294. The van der Waals surface area contributed by atoms with Crippen molar-refractivity contribution in [3.05, 3.63) is 59.2 Å². The summed E-state index contributed by atoms with van der Waals surface area (Å²) in [6.07, 6.45) is 0.896. The monoisotopic (exact) mass is 255 g/mol. The number of hydrogen-bond donors (Lipinski definition) is 1. The lowest BCUT2D eigenvalue weighted by molar-refractivity contribution is 0.465. The van der Waals surface area contributed by atoms with E-state index < -0.39 is 0 Å². The minimum absolute atomic E-state index is 0.0157. The van der Waals surface area contributed by atoms with E-state index in [0.29, 0.717) is 0 Å². The van der Waals surface area contributed by atoms with Gasteiger partial charge >= 0.3 is 0 Å². The molecule has 0 radical (unpaired) electrons.